The molecule has 19 heavy (non-hydrogen) atoms. The van der Waals surface area contributed by atoms with Crippen molar-refractivity contribution in [3.8, 4) is 0 Å². The van der Waals surface area contributed by atoms with Gasteiger partial charge in [0.15, 0.2) is 0 Å². The lowest BCUT2D eigenvalue weighted by molar-refractivity contribution is 0.0526. The number of carbonyl (C=O) groups excluding carboxylic acids is 1. The Morgan fingerprint density at radius 1 is 1.32 bits per heavy atom. The van der Waals surface area contributed by atoms with Gasteiger partial charge in [0.25, 0.3) is 0 Å². The van der Waals surface area contributed by atoms with Crippen molar-refractivity contribution >= 4 is 11.7 Å². The summed E-state index contributed by atoms with van der Waals surface area (Å²) in [4.78, 5) is 16.7. The predicted molar refractivity (Wildman–Crippen MR) is 77.0 cm³/mol. The molecule has 3 heteroatoms. The zero-order valence-electron chi connectivity index (χ0n) is 11.7. The van der Waals surface area contributed by atoms with Gasteiger partial charge in [-0.25, -0.2) is 4.79 Å². The molecule has 0 amide bonds. The Morgan fingerprint density at radius 2 is 2.16 bits per heavy atom. The SMILES string of the molecule is CCCCN=C1CCc2cccc(C(=O)OCC)c21. The lowest BCUT2D eigenvalue weighted by Crippen LogP contribution is -2.11. The van der Waals surface area contributed by atoms with Crippen LogP contribution in [0.5, 0.6) is 0 Å². The minimum absolute atomic E-state index is 0.232. The summed E-state index contributed by atoms with van der Waals surface area (Å²) in [6.45, 7) is 5.25. The number of esters is 1. The average molecular weight is 259 g/mol. The molecular formula is C16H21NO2. The van der Waals surface area contributed by atoms with Gasteiger partial charge >= 0.3 is 5.97 Å². The minimum Gasteiger partial charge on any atom is -0.462 e. The molecule has 0 unspecified atom stereocenters. The van der Waals surface area contributed by atoms with E-state index in [1.807, 2.05) is 19.1 Å². The molecule has 0 saturated carbocycles. The summed E-state index contributed by atoms with van der Waals surface area (Å²) < 4.78 is 5.13. The van der Waals surface area contributed by atoms with Crippen LogP contribution in [0.4, 0.5) is 0 Å². The second-order valence-corrected chi connectivity index (χ2v) is 4.74. The molecular weight excluding hydrogens is 238 g/mol. The first-order valence-corrected chi connectivity index (χ1v) is 7.10. The van der Waals surface area contributed by atoms with E-state index in [4.69, 9.17) is 4.74 Å². The summed E-state index contributed by atoms with van der Waals surface area (Å²) in [6.07, 6.45) is 4.16. The smallest absolute Gasteiger partial charge is 0.338 e. The van der Waals surface area contributed by atoms with Crippen LogP contribution in [0.3, 0.4) is 0 Å². The quantitative estimate of drug-likeness (QED) is 0.600. The number of fused-ring (bicyclic) bond motifs is 1. The second kappa shape index (κ2) is 6.50. The van der Waals surface area contributed by atoms with Crippen LogP contribution in [-0.4, -0.2) is 24.8 Å². The Bertz CT molecular complexity index is 492. The molecule has 3 nitrogen and oxygen atoms in total. The maximum absolute atomic E-state index is 12.0. The molecule has 0 bridgehead atoms. The minimum atomic E-state index is -0.232. The molecule has 0 spiro atoms. The Kier molecular flexibility index (Phi) is 4.72. The molecule has 2 rings (SSSR count). The third-order valence-electron chi connectivity index (χ3n) is 3.38. The first kappa shape index (κ1) is 13.8. The first-order valence-electron chi connectivity index (χ1n) is 7.10. The molecule has 0 atom stereocenters. The van der Waals surface area contributed by atoms with Gasteiger partial charge in [-0.05, 0) is 37.8 Å². The molecule has 0 aliphatic heterocycles. The van der Waals surface area contributed by atoms with Gasteiger partial charge in [-0.15, -0.1) is 0 Å². The molecule has 1 aliphatic carbocycles. The molecule has 1 aromatic rings. The highest BCUT2D eigenvalue weighted by atomic mass is 16.5. The lowest BCUT2D eigenvalue weighted by atomic mass is 10.0. The monoisotopic (exact) mass is 259 g/mol. The third kappa shape index (κ3) is 3.03. The van der Waals surface area contributed by atoms with E-state index in [0.717, 1.165) is 43.5 Å². The summed E-state index contributed by atoms with van der Waals surface area (Å²) in [6, 6.07) is 5.86. The normalized spacial score (nSPS) is 15.6. The van der Waals surface area contributed by atoms with Gasteiger partial charge < -0.3 is 4.74 Å². The molecule has 0 N–H and O–H groups in total. The van der Waals surface area contributed by atoms with Gasteiger partial charge in [-0.2, -0.15) is 0 Å². The van der Waals surface area contributed by atoms with Crippen molar-refractivity contribution in [2.24, 2.45) is 4.99 Å². The Labute approximate surface area is 114 Å². The number of aryl methyl sites for hydroxylation is 1. The number of hydrogen-bond acceptors (Lipinski definition) is 3. The van der Waals surface area contributed by atoms with Crippen molar-refractivity contribution in [3.05, 3.63) is 34.9 Å². The highest BCUT2D eigenvalue weighted by Crippen LogP contribution is 2.26. The standard InChI is InChI=1S/C16H21NO2/c1-3-5-11-17-14-10-9-12-7-6-8-13(15(12)14)16(18)19-4-2/h6-8H,3-5,9-11H2,1-2H3. The van der Waals surface area contributed by atoms with Crippen LogP contribution in [0, 0.1) is 0 Å². The van der Waals surface area contributed by atoms with Crippen molar-refractivity contribution in [1.82, 2.24) is 0 Å². The number of unbranched alkanes of at least 4 members (excludes halogenated alkanes) is 1. The molecule has 102 valence electrons. The zero-order valence-corrected chi connectivity index (χ0v) is 11.7. The zero-order chi connectivity index (χ0) is 13.7. The van der Waals surface area contributed by atoms with Crippen LogP contribution in [-0.2, 0) is 11.2 Å². The highest BCUT2D eigenvalue weighted by Gasteiger charge is 2.24. The van der Waals surface area contributed by atoms with Crippen LogP contribution in [0.2, 0.25) is 0 Å². The fourth-order valence-corrected chi connectivity index (χ4v) is 2.44. The summed E-state index contributed by atoms with van der Waals surface area (Å²) >= 11 is 0. The number of carbonyl (C=O) groups is 1. The van der Waals surface area contributed by atoms with Gasteiger partial charge in [0, 0.05) is 17.8 Å². The Hall–Kier alpha value is -1.64. The summed E-state index contributed by atoms with van der Waals surface area (Å²) in [5.41, 5.74) is 4.00. The van der Waals surface area contributed by atoms with E-state index in [-0.39, 0.29) is 5.97 Å². The molecule has 0 heterocycles. The van der Waals surface area contributed by atoms with Crippen LogP contribution in [0.15, 0.2) is 23.2 Å². The van der Waals surface area contributed by atoms with Crippen LogP contribution in [0.1, 0.15) is 54.6 Å². The maximum Gasteiger partial charge on any atom is 0.338 e. The van der Waals surface area contributed by atoms with E-state index in [2.05, 4.69) is 18.0 Å². The van der Waals surface area contributed by atoms with Crippen molar-refractivity contribution < 1.29 is 9.53 Å². The maximum atomic E-state index is 12.0. The van der Waals surface area contributed by atoms with Gasteiger partial charge in [0.1, 0.15) is 0 Å². The number of rotatable bonds is 5. The molecule has 0 aromatic heterocycles. The Morgan fingerprint density at radius 3 is 2.89 bits per heavy atom. The predicted octanol–water partition coefficient (Wildman–Crippen LogP) is 3.40. The van der Waals surface area contributed by atoms with Crippen molar-refractivity contribution in [3.63, 3.8) is 0 Å². The summed E-state index contributed by atoms with van der Waals surface area (Å²) in [7, 11) is 0. The van der Waals surface area contributed by atoms with Crippen molar-refractivity contribution in [2.45, 2.75) is 39.5 Å². The molecule has 0 saturated heterocycles. The van der Waals surface area contributed by atoms with Crippen LogP contribution in [0.25, 0.3) is 0 Å². The van der Waals surface area contributed by atoms with Gasteiger partial charge in [0.2, 0.25) is 0 Å². The number of aliphatic imine (C=N–C) groups is 1. The van der Waals surface area contributed by atoms with Crippen molar-refractivity contribution in [1.29, 1.82) is 0 Å². The first-order chi connectivity index (χ1) is 9.27. The highest BCUT2D eigenvalue weighted by molar-refractivity contribution is 6.11. The Balaban J connectivity index is 2.31. The number of nitrogens with zero attached hydrogens (tertiary/aromatic N) is 1. The summed E-state index contributed by atoms with van der Waals surface area (Å²) in [5, 5.41) is 0. The van der Waals surface area contributed by atoms with E-state index >= 15 is 0 Å². The van der Waals surface area contributed by atoms with E-state index in [1.54, 1.807) is 0 Å². The fourth-order valence-electron chi connectivity index (χ4n) is 2.44. The third-order valence-corrected chi connectivity index (χ3v) is 3.38. The van der Waals surface area contributed by atoms with Crippen LogP contribution < -0.4 is 0 Å². The van der Waals surface area contributed by atoms with E-state index in [1.165, 1.54) is 5.56 Å². The van der Waals surface area contributed by atoms with Crippen molar-refractivity contribution in [2.75, 3.05) is 13.2 Å². The van der Waals surface area contributed by atoms with Gasteiger partial charge in [-0.3, -0.25) is 4.99 Å². The largest absolute Gasteiger partial charge is 0.462 e. The average Bonchev–Trinajstić information content (AvgIpc) is 2.83. The molecule has 1 aliphatic rings. The van der Waals surface area contributed by atoms with Crippen LogP contribution >= 0.6 is 0 Å². The topological polar surface area (TPSA) is 38.7 Å². The fraction of sp³-hybridized carbons (Fsp3) is 0.500. The lowest BCUT2D eigenvalue weighted by Gasteiger charge is -2.08. The van der Waals surface area contributed by atoms with E-state index in [0.29, 0.717) is 12.2 Å². The number of benzene rings is 1. The number of ether oxygens (including phenoxy) is 1. The molecule has 0 fully saturated rings. The van der Waals surface area contributed by atoms with E-state index in [9.17, 15) is 4.79 Å². The van der Waals surface area contributed by atoms with Gasteiger partial charge in [0.05, 0.1) is 12.2 Å². The molecule has 0 radical (unpaired) electrons. The van der Waals surface area contributed by atoms with E-state index < -0.39 is 0 Å². The number of hydrogen-bond donors (Lipinski definition) is 0. The van der Waals surface area contributed by atoms with Gasteiger partial charge in [-0.1, -0.05) is 25.5 Å². The molecule has 1 aromatic carbocycles. The summed E-state index contributed by atoms with van der Waals surface area (Å²) in [5.74, 6) is -0.232. The second-order valence-electron chi connectivity index (χ2n) is 4.74.